The number of carbonyl (C=O) groups is 1. The lowest BCUT2D eigenvalue weighted by Crippen LogP contribution is -2.22. The van der Waals surface area contributed by atoms with Crippen molar-refractivity contribution < 1.29 is 4.79 Å². The molecular weight excluding hydrogens is 350 g/mol. The van der Waals surface area contributed by atoms with Crippen LogP contribution in [0.15, 0.2) is 54.6 Å². The van der Waals surface area contributed by atoms with Crippen LogP contribution in [0.1, 0.15) is 37.7 Å². The van der Waals surface area contributed by atoms with Gasteiger partial charge in [-0.05, 0) is 44.5 Å². The third-order valence-corrected chi connectivity index (χ3v) is 4.69. The van der Waals surface area contributed by atoms with E-state index >= 15 is 0 Å². The Labute approximate surface area is 166 Å². The Balaban J connectivity index is 1.87. The highest BCUT2D eigenvalue weighted by Crippen LogP contribution is 2.23. The number of aromatic nitrogens is 3. The van der Waals surface area contributed by atoms with Crippen LogP contribution in [0.5, 0.6) is 0 Å². The molecule has 1 N–H and O–H groups in total. The van der Waals surface area contributed by atoms with E-state index in [0.717, 1.165) is 36.4 Å². The van der Waals surface area contributed by atoms with Gasteiger partial charge < -0.3 is 10.2 Å². The van der Waals surface area contributed by atoms with Gasteiger partial charge in [-0.25, -0.2) is 4.68 Å². The summed E-state index contributed by atoms with van der Waals surface area (Å²) in [6.07, 6.45) is 0.871. The molecule has 6 nitrogen and oxygen atoms in total. The van der Waals surface area contributed by atoms with Crippen molar-refractivity contribution in [1.29, 1.82) is 0 Å². The summed E-state index contributed by atoms with van der Waals surface area (Å²) in [5, 5.41) is 11.5. The zero-order valence-electron chi connectivity index (χ0n) is 16.7. The molecule has 0 aliphatic rings. The second kappa shape index (κ2) is 9.17. The lowest BCUT2D eigenvalue weighted by molar-refractivity contribution is 0.101. The summed E-state index contributed by atoms with van der Waals surface area (Å²) in [5.74, 6) is -0.201. The van der Waals surface area contributed by atoms with Crippen LogP contribution in [0.25, 0.3) is 11.3 Å². The van der Waals surface area contributed by atoms with Gasteiger partial charge in [-0.1, -0.05) is 42.5 Å². The van der Waals surface area contributed by atoms with Gasteiger partial charge in [-0.15, -0.1) is 5.10 Å². The fraction of sp³-hybridized carbons (Fsp3) is 0.318. The lowest BCUT2D eigenvalue weighted by Gasteiger charge is -2.21. The third kappa shape index (κ3) is 4.22. The van der Waals surface area contributed by atoms with E-state index in [4.69, 9.17) is 0 Å². The molecule has 0 radical (unpaired) electrons. The summed E-state index contributed by atoms with van der Waals surface area (Å²) in [5.41, 5.74) is 3.87. The zero-order chi connectivity index (χ0) is 19.9. The third-order valence-electron chi connectivity index (χ3n) is 4.69. The molecule has 0 aliphatic heterocycles. The largest absolute Gasteiger partial charge is 0.372 e. The van der Waals surface area contributed by atoms with Crippen molar-refractivity contribution in [1.82, 2.24) is 15.0 Å². The first-order valence-corrected chi connectivity index (χ1v) is 9.83. The van der Waals surface area contributed by atoms with E-state index < -0.39 is 0 Å². The van der Waals surface area contributed by atoms with Gasteiger partial charge in [0.1, 0.15) is 5.69 Å². The van der Waals surface area contributed by atoms with Gasteiger partial charge in [0.15, 0.2) is 5.69 Å². The van der Waals surface area contributed by atoms with Crippen LogP contribution in [0.3, 0.4) is 0 Å². The topological polar surface area (TPSA) is 63.1 Å². The normalized spacial score (nSPS) is 10.7. The van der Waals surface area contributed by atoms with Crippen LogP contribution in [-0.2, 0) is 6.54 Å². The number of amides is 1. The Bertz CT molecular complexity index is 898. The number of nitrogens with zero attached hydrogens (tertiary/aromatic N) is 4. The molecule has 0 aliphatic carbocycles. The average molecular weight is 377 g/mol. The molecule has 1 heterocycles. The van der Waals surface area contributed by atoms with Crippen LogP contribution in [0.2, 0.25) is 0 Å². The second-order valence-electron chi connectivity index (χ2n) is 6.55. The van der Waals surface area contributed by atoms with E-state index in [2.05, 4.69) is 41.3 Å². The molecule has 3 rings (SSSR count). The number of anilines is 2. The first kappa shape index (κ1) is 19.6. The minimum Gasteiger partial charge on any atom is -0.372 e. The summed E-state index contributed by atoms with van der Waals surface area (Å²) >= 11 is 0. The van der Waals surface area contributed by atoms with E-state index in [-0.39, 0.29) is 5.91 Å². The number of rotatable bonds is 8. The molecule has 3 aromatic rings. The fourth-order valence-corrected chi connectivity index (χ4v) is 3.23. The fourth-order valence-electron chi connectivity index (χ4n) is 3.23. The molecule has 0 unspecified atom stereocenters. The number of hydrogen-bond acceptors (Lipinski definition) is 4. The molecular formula is C22H27N5O. The molecule has 0 saturated carbocycles. The molecule has 1 amide bonds. The molecule has 28 heavy (non-hydrogen) atoms. The number of carbonyl (C=O) groups excluding carboxylic acids is 1. The van der Waals surface area contributed by atoms with Crippen molar-refractivity contribution in [2.75, 3.05) is 23.3 Å². The van der Waals surface area contributed by atoms with Crippen LogP contribution in [0.4, 0.5) is 11.4 Å². The van der Waals surface area contributed by atoms with E-state index in [1.165, 1.54) is 0 Å². The Hall–Kier alpha value is -3.15. The maximum absolute atomic E-state index is 13.1. The molecule has 0 atom stereocenters. The van der Waals surface area contributed by atoms with E-state index in [1.54, 1.807) is 4.68 Å². The second-order valence-corrected chi connectivity index (χ2v) is 6.55. The molecule has 1 aromatic heterocycles. The molecule has 0 fully saturated rings. The number of nitrogens with one attached hydrogen (secondary N) is 1. The Morgan fingerprint density at radius 2 is 1.68 bits per heavy atom. The van der Waals surface area contributed by atoms with Gasteiger partial charge in [0.25, 0.3) is 5.91 Å². The monoisotopic (exact) mass is 377 g/mol. The van der Waals surface area contributed by atoms with Crippen LogP contribution < -0.4 is 10.2 Å². The maximum Gasteiger partial charge on any atom is 0.276 e. The van der Waals surface area contributed by atoms with Gasteiger partial charge >= 0.3 is 0 Å². The number of hydrogen-bond donors (Lipinski definition) is 1. The average Bonchev–Trinajstić information content (AvgIpc) is 3.15. The molecule has 0 spiro atoms. The predicted octanol–water partition coefficient (Wildman–Crippen LogP) is 4.45. The molecule has 0 saturated heterocycles. The van der Waals surface area contributed by atoms with Crippen molar-refractivity contribution in [3.8, 4) is 11.3 Å². The Kier molecular flexibility index (Phi) is 6.42. The standard InChI is InChI=1S/C22H27N5O/c1-4-16-27-21(20(24-25-27)17-10-8-7-9-11-17)22(28)23-18-12-14-19(15-13-18)26(5-2)6-3/h7-15H,4-6,16H2,1-3H3,(H,23,28). The SMILES string of the molecule is CCCn1nnc(-c2ccccc2)c1C(=O)Nc1ccc(N(CC)CC)cc1. The van der Waals surface area contributed by atoms with Crippen LogP contribution in [0, 0.1) is 0 Å². The highest BCUT2D eigenvalue weighted by Gasteiger charge is 2.21. The number of aryl methyl sites for hydroxylation is 1. The van der Waals surface area contributed by atoms with Crippen LogP contribution >= 0.6 is 0 Å². The van der Waals surface area contributed by atoms with Gasteiger partial charge in [0.2, 0.25) is 0 Å². The molecule has 0 bridgehead atoms. The van der Waals surface area contributed by atoms with Gasteiger partial charge in [0, 0.05) is 36.6 Å². The smallest absolute Gasteiger partial charge is 0.276 e. The molecule has 146 valence electrons. The maximum atomic E-state index is 13.1. The molecule has 6 heteroatoms. The highest BCUT2D eigenvalue weighted by atomic mass is 16.2. The quantitative estimate of drug-likeness (QED) is 0.630. The zero-order valence-corrected chi connectivity index (χ0v) is 16.7. The van der Waals surface area contributed by atoms with Gasteiger partial charge in [-0.3, -0.25) is 4.79 Å². The first-order valence-electron chi connectivity index (χ1n) is 9.83. The Morgan fingerprint density at radius 1 is 1.00 bits per heavy atom. The van der Waals surface area contributed by atoms with Crippen molar-refractivity contribution >= 4 is 17.3 Å². The van der Waals surface area contributed by atoms with Gasteiger partial charge in [0.05, 0.1) is 0 Å². The summed E-state index contributed by atoms with van der Waals surface area (Å²) in [7, 11) is 0. The van der Waals surface area contributed by atoms with E-state index in [0.29, 0.717) is 17.9 Å². The minimum atomic E-state index is -0.201. The highest BCUT2D eigenvalue weighted by molar-refractivity contribution is 6.06. The summed E-state index contributed by atoms with van der Waals surface area (Å²) < 4.78 is 1.68. The predicted molar refractivity (Wildman–Crippen MR) is 114 cm³/mol. The summed E-state index contributed by atoms with van der Waals surface area (Å²) in [6, 6.07) is 17.6. The van der Waals surface area contributed by atoms with Gasteiger partial charge in [-0.2, -0.15) is 0 Å². The van der Waals surface area contributed by atoms with Crippen molar-refractivity contribution in [3.63, 3.8) is 0 Å². The lowest BCUT2D eigenvalue weighted by atomic mass is 10.1. The van der Waals surface area contributed by atoms with Crippen molar-refractivity contribution in [2.45, 2.75) is 33.7 Å². The summed E-state index contributed by atoms with van der Waals surface area (Å²) in [6.45, 7) is 8.86. The van der Waals surface area contributed by atoms with Crippen molar-refractivity contribution in [2.24, 2.45) is 0 Å². The summed E-state index contributed by atoms with van der Waals surface area (Å²) in [4.78, 5) is 15.3. The first-order chi connectivity index (χ1) is 13.7. The number of benzene rings is 2. The van der Waals surface area contributed by atoms with E-state index in [9.17, 15) is 4.79 Å². The minimum absolute atomic E-state index is 0.201. The van der Waals surface area contributed by atoms with Crippen LogP contribution in [-0.4, -0.2) is 34.0 Å². The Morgan fingerprint density at radius 3 is 2.29 bits per heavy atom. The molecule has 2 aromatic carbocycles. The van der Waals surface area contributed by atoms with E-state index in [1.807, 2.05) is 54.6 Å². The van der Waals surface area contributed by atoms with Crippen molar-refractivity contribution in [3.05, 3.63) is 60.3 Å².